The largest absolute Gasteiger partial charge is 0.311 e. The second-order valence-corrected chi connectivity index (χ2v) is 29.0. The molecule has 77 heavy (non-hydrogen) atoms. The highest BCUT2D eigenvalue weighted by molar-refractivity contribution is 7.26. The van der Waals surface area contributed by atoms with Crippen LogP contribution in [0.5, 0.6) is 0 Å². The molecule has 8 aromatic carbocycles. The summed E-state index contributed by atoms with van der Waals surface area (Å²) in [6.45, 7) is 34.2. The summed E-state index contributed by atoms with van der Waals surface area (Å²) in [5, 5.41) is 2.65. The number of hydrogen-bond acceptors (Lipinski definition) is 4. The second kappa shape index (κ2) is 17.0. The minimum absolute atomic E-state index is 0.0205. The lowest BCUT2D eigenvalue weighted by Crippen LogP contribution is -2.62. The van der Waals surface area contributed by atoms with Gasteiger partial charge in [-0.05, 0) is 193 Å². The van der Waals surface area contributed by atoms with Crippen molar-refractivity contribution >= 4 is 106 Å². The van der Waals surface area contributed by atoms with Crippen molar-refractivity contribution in [1.29, 1.82) is 0 Å². The topological polar surface area (TPSA) is 9.72 Å². The van der Waals surface area contributed by atoms with Gasteiger partial charge in [-0.25, -0.2) is 0 Å². The monoisotopic (exact) mass is 1030 g/mol. The van der Waals surface area contributed by atoms with Crippen LogP contribution in [-0.4, -0.2) is 6.71 Å². The molecule has 0 atom stereocenters. The number of rotatable bonds is 5. The van der Waals surface area contributed by atoms with Gasteiger partial charge < -0.3 is 14.7 Å². The number of fused-ring (bicyclic) bond motifs is 9. The maximum Gasteiger partial charge on any atom is 0.252 e. The lowest BCUT2D eigenvalue weighted by Gasteiger charge is -2.48. The molecule has 0 N–H and O–H groups in total. The van der Waals surface area contributed by atoms with Crippen molar-refractivity contribution in [3.05, 3.63) is 191 Å². The van der Waals surface area contributed by atoms with Gasteiger partial charge >= 0.3 is 0 Å². The van der Waals surface area contributed by atoms with Gasteiger partial charge in [0.2, 0.25) is 0 Å². The van der Waals surface area contributed by atoms with E-state index in [0.717, 1.165) is 29.9 Å². The minimum atomic E-state index is -0.161. The highest BCUT2D eigenvalue weighted by Gasteiger charge is 2.48. The Hall–Kier alpha value is -6.56. The quantitative estimate of drug-likeness (QED) is 0.159. The van der Waals surface area contributed by atoms with Crippen molar-refractivity contribution < 1.29 is 0 Å². The van der Waals surface area contributed by atoms with Crippen LogP contribution in [0.4, 0.5) is 51.2 Å². The van der Waals surface area contributed by atoms with E-state index in [9.17, 15) is 0 Å². The summed E-state index contributed by atoms with van der Waals surface area (Å²) in [6.07, 6.45) is 4.67. The number of thiophene rings is 1. The van der Waals surface area contributed by atoms with Crippen molar-refractivity contribution in [3.63, 3.8) is 0 Å². The van der Waals surface area contributed by atoms with Gasteiger partial charge in [0.25, 0.3) is 6.71 Å². The molecule has 9 aromatic rings. The zero-order chi connectivity index (χ0) is 53.9. The molecule has 0 fully saturated rings. The third-order valence-electron chi connectivity index (χ3n) is 18.8. The summed E-state index contributed by atoms with van der Waals surface area (Å²) in [4.78, 5) is 7.87. The third-order valence-corrected chi connectivity index (χ3v) is 20.0. The molecule has 0 saturated carbocycles. The Balaban J connectivity index is 1.18. The summed E-state index contributed by atoms with van der Waals surface area (Å²) in [5.74, 6) is 0. The van der Waals surface area contributed by atoms with Crippen LogP contribution in [0.1, 0.15) is 156 Å². The summed E-state index contributed by atoms with van der Waals surface area (Å²) < 4.78 is 2.71. The standard InChI is InChI=1S/C72H76BN3S/c1-67(2,3)45-37-62-65-63(38-45)76(50-39-52-51-27-21-22-28-64(51)77-66(52)57(41-50)68(4,5)6)60-42-49(74(46-23-17-15-18-24-46)47-25-19-16-20-26-47)30-32-58(60)73(65)59-43-55-56(72(13,14)36-35-71(55,11)12)44-61(59)75(62)48-29-31-53-54(40-48)70(9,10)34-33-69(53,7)8/h15-32,37-44H,33-36H2,1-14H3. The SMILES string of the molecule is CC(C)(C)c1cc2c3c(c1)N(c1ccc4c(c1)C(C)(C)CCC4(C)C)c1cc4c(cc1B3c1ccc(N(c3ccccc3)c3ccccc3)cc1N2c1cc(C(C)(C)C)c2sc3ccccc3c2c1)C(C)(C)CCC4(C)C. The zero-order valence-electron chi connectivity index (χ0n) is 48.2. The molecule has 1 aromatic heterocycles. The van der Waals surface area contributed by atoms with Gasteiger partial charge in [0, 0.05) is 71.4 Å². The molecule has 0 spiro atoms. The first kappa shape index (κ1) is 50.0. The highest BCUT2D eigenvalue weighted by atomic mass is 32.1. The van der Waals surface area contributed by atoms with Crippen molar-refractivity contribution in [2.45, 2.75) is 155 Å². The average molecular weight is 1030 g/mol. The first-order valence-corrected chi connectivity index (χ1v) is 29.4. The first-order chi connectivity index (χ1) is 36.4. The number of nitrogens with zero attached hydrogens (tertiary/aromatic N) is 3. The fourth-order valence-electron chi connectivity index (χ4n) is 14.0. The molecule has 4 aliphatic rings. The average Bonchev–Trinajstić information content (AvgIpc) is 3.77. The van der Waals surface area contributed by atoms with Gasteiger partial charge in [-0.3, -0.25) is 0 Å². The predicted molar refractivity (Wildman–Crippen MR) is 336 cm³/mol. The van der Waals surface area contributed by atoms with Gasteiger partial charge in [0.05, 0.1) is 0 Å². The van der Waals surface area contributed by atoms with E-state index in [-0.39, 0.29) is 39.2 Å². The van der Waals surface area contributed by atoms with E-state index in [2.05, 4.69) is 269 Å². The fourth-order valence-corrected chi connectivity index (χ4v) is 15.4. The van der Waals surface area contributed by atoms with Crippen LogP contribution in [0.25, 0.3) is 20.2 Å². The van der Waals surface area contributed by atoms with Gasteiger partial charge in [0.1, 0.15) is 0 Å². The van der Waals surface area contributed by atoms with Crippen LogP contribution in [-0.2, 0) is 32.5 Å². The van der Waals surface area contributed by atoms with E-state index in [1.807, 2.05) is 11.3 Å². The van der Waals surface area contributed by atoms with Crippen LogP contribution in [0.15, 0.2) is 158 Å². The zero-order valence-corrected chi connectivity index (χ0v) is 49.0. The predicted octanol–water partition coefficient (Wildman–Crippen LogP) is 18.9. The maximum atomic E-state index is 2.73. The second-order valence-electron chi connectivity index (χ2n) is 28.0. The minimum Gasteiger partial charge on any atom is -0.311 e. The Morgan fingerprint density at radius 3 is 1.56 bits per heavy atom. The molecular formula is C72H76BN3S. The lowest BCUT2D eigenvalue weighted by molar-refractivity contribution is 0.332. The Bertz CT molecular complexity index is 3820. The number of anilines is 9. The van der Waals surface area contributed by atoms with Crippen LogP contribution >= 0.6 is 11.3 Å². The molecule has 0 radical (unpaired) electrons. The molecule has 3 nitrogen and oxygen atoms in total. The van der Waals surface area contributed by atoms with Crippen molar-refractivity contribution in [2.24, 2.45) is 0 Å². The van der Waals surface area contributed by atoms with E-state index < -0.39 is 0 Å². The van der Waals surface area contributed by atoms with E-state index >= 15 is 0 Å². The van der Waals surface area contributed by atoms with Crippen molar-refractivity contribution in [3.8, 4) is 0 Å². The normalized spacial score (nSPS) is 17.6. The number of hydrogen-bond donors (Lipinski definition) is 0. The molecule has 13 rings (SSSR count). The molecule has 2 aliphatic carbocycles. The third kappa shape index (κ3) is 7.86. The van der Waals surface area contributed by atoms with Gasteiger partial charge in [0.15, 0.2) is 0 Å². The summed E-state index contributed by atoms with van der Waals surface area (Å²) in [5.41, 5.74) is 23.7. The molecule has 5 heteroatoms. The van der Waals surface area contributed by atoms with Crippen LogP contribution in [0, 0.1) is 0 Å². The Morgan fingerprint density at radius 2 is 0.961 bits per heavy atom. The Kier molecular flexibility index (Phi) is 11.0. The van der Waals surface area contributed by atoms with E-state index in [4.69, 9.17) is 0 Å². The molecular weight excluding hydrogens is 950 g/mol. The number of benzene rings is 8. The molecule has 0 saturated heterocycles. The molecule has 3 heterocycles. The molecule has 2 aliphatic heterocycles. The molecule has 0 unspecified atom stereocenters. The Labute approximate surface area is 464 Å². The summed E-state index contributed by atoms with van der Waals surface area (Å²) in [6, 6.07) is 61.6. The van der Waals surface area contributed by atoms with Gasteiger partial charge in [-0.1, -0.05) is 170 Å². The Morgan fingerprint density at radius 1 is 0.429 bits per heavy atom. The first-order valence-electron chi connectivity index (χ1n) is 28.5. The highest BCUT2D eigenvalue weighted by Crippen LogP contribution is 2.55. The van der Waals surface area contributed by atoms with E-state index in [1.54, 1.807) is 0 Å². The van der Waals surface area contributed by atoms with Crippen LogP contribution in [0.2, 0.25) is 0 Å². The fraction of sp³-hybridized carbons (Fsp3) is 0.333. The van der Waals surface area contributed by atoms with Gasteiger partial charge in [-0.2, -0.15) is 0 Å². The van der Waals surface area contributed by atoms with Gasteiger partial charge in [-0.15, -0.1) is 11.3 Å². The summed E-state index contributed by atoms with van der Waals surface area (Å²) >= 11 is 1.94. The maximum absolute atomic E-state index is 2.73. The van der Waals surface area contributed by atoms with E-state index in [1.165, 1.54) is 117 Å². The van der Waals surface area contributed by atoms with Crippen molar-refractivity contribution in [1.82, 2.24) is 0 Å². The molecule has 388 valence electrons. The number of para-hydroxylation sites is 2. The van der Waals surface area contributed by atoms with E-state index in [0.29, 0.717) is 0 Å². The molecule has 0 amide bonds. The smallest absolute Gasteiger partial charge is 0.252 e. The van der Waals surface area contributed by atoms with Crippen LogP contribution < -0.4 is 31.1 Å². The summed E-state index contributed by atoms with van der Waals surface area (Å²) in [7, 11) is 0. The van der Waals surface area contributed by atoms with Crippen molar-refractivity contribution in [2.75, 3.05) is 14.7 Å². The van der Waals surface area contributed by atoms with Crippen LogP contribution in [0.3, 0.4) is 0 Å². The molecule has 0 bridgehead atoms. The lowest BCUT2D eigenvalue weighted by atomic mass is 9.33.